The van der Waals surface area contributed by atoms with Crippen molar-refractivity contribution in [3.8, 4) is 0 Å². The summed E-state index contributed by atoms with van der Waals surface area (Å²) in [6, 6.07) is 8.41. The average Bonchev–Trinajstić information content (AvgIpc) is 3.02. The van der Waals surface area contributed by atoms with Gasteiger partial charge in [-0.05, 0) is 30.5 Å². The highest BCUT2D eigenvalue weighted by molar-refractivity contribution is 9.10. The summed E-state index contributed by atoms with van der Waals surface area (Å²) in [5.74, 6) is -0.00844. The molecule has 1 aliphatic rings. The van der Waals surface area contributed by atoms with Crippen molar-refractivity contribution in [2.24, 2.45) is 0 Å². The van der Waals surface area contributed by atoms with Crippen LogP contribution in [0.4, 0.5) is 0 Å². The van der Waals surface area contributed by atoms with Gasteiger partial charge in [-0.3, -0.25) is 4.79 Å². The molecule has 1 aromatic heterocycles. The molecule has 5 heteroatoms. The Morgan fingerprint density at radius 1 is 1.40 bits per heavy atom. The van der Waals surface area contributed by atoms with Gasteiger partial charge in [-0.1, -0.05) is 28.1 Å². The lowest BCUT2D eigenvalue weighted by Crippen LogP contribution is -2.34. The van der Waals surface area contributed by atoms with Crippen LogP contribution in [0.15, 0.2) is 41.3 Å². The van der Waals surface area contributed by atoms with E-state index in [2.05, 4.69) is 50.2 Å². The molecule has 0 atom stereocenters. The van der Waals surface area contributed by atoms with Gasteiger partial charge in [0.15, 0.2) is 0 Å². The number of halogens is 1. The highest BCUT2D eigenvalue weighted by Crippen LogP contribution is 2.48. The first-order chi connectivity index (χ1) is 9.61. The first kappa shape index (κ1) is 13.4. The second-order valence-corrected chi connectivity index (χ2v) is 6.33. The first-order valence-electron chi connectivity index (χ1n) is 6.61. The van der Waals surface area contributed by atoms with Crippen LogP contribution in [-0.4, -0.2) is 34.4 Å². The van der Waals surface area contributed by atoms with Crippen molar-refractivity contribution in [1.82, 2.24) is 14.9 Å². The maximum atomic E-state index is 12.2. The molecule has 104 valence electrons. The third-order valence-electron chi connectivity index (χ3n) is 3.93. The molecule has 20 heavy (non-hydrogen) atoms. The van der Waals surface area contributed by atoms with Gasteiger partial charge in [0.25, 0.3) is 5.91 Å². The molecule has 3 rings (SSSR count). The Balaban J connectivity index is 1.74. The van der Waals surface area contributed by atoms with E-state index in [1.807, 2.05) is 7.05 Å². The minimum atomic E-state index is -0.00844. The number of amides is 1. The minimum Gasteiger partial charge on any atom is -0.341 e. The smallest absolute Gasteiger partial charge is 0.271 e. The van der Waals surface area contributed by atoms with E-state index >= 15 is 0 Å². The molecule has 1 amide bonds. The van der Waals surface area contributed by atoms with Gasteiger partial charge in [0.1, 0.15) is 5.69 Å². The summed E-state index contributed by atoms with van der Waals surface area (Å²) in [5.41, 5.74) is 1.98. The van der Waals surface area contributed by atoms with Crippen LogP contribution in [0.1, 0.15) is 28.9 Å². The lowest BCUT2D eigenvalue weighted by molar-refractivity contribution is 0.0776. The number of nitrogens with one attached hydrogen (secondary N) is 1. The molecular formula is C15H16BrN3O. The number of nitrogens with zero attached hydrogens (tertiary/aromatic N) is 2. The summed E-state index contributed by atoms with van der Waals surface area (Å²) < 4.78 is 1.08. The summed E-state index contributed by atoms with van der Waals surface area (Å²) in [7, 11) is 1.85. The summed E-state index contributed by atoms with van der Waals surface area (Å²) in [4.78, 5) is 20.8. The number of likely N-dealkylation sites (N-methyl/N-ethyl adjacent to an activating group) is 1. The molecule has 2 aromatic rings. The number of imidazole rings is 1. The third kappa shape index (κ3) is 2.50. The number of hydrogen-bond acceptors (Lipinski definition) is 2. The molecule has 0 spiro atoms. The Hall–Kier alpha value is -1.62. The molecule has 0 aliphatic heterocycles. The molecule has 1 saturated carbocycles. The van der Waals surface area contributed by atoms with Gasteiger partial charge in [0.2, 0.25) is 0 Å². The van der Waals surface area contributed by atoms with Gasteiger partial charge in [0, 0.05) is 23.5 Å². The fraction of sp³-hybridized carbons (Fsp3) is 0.333. The van der Waals surface area contributed by atoms with Crippen molar-refractivity contribution >= 4 is 21.8 Å². The largest absolute Gasteiger partial charge is 0.341 e. The molecule has 0 radical (unpaired) electrons. The second kappa shape index (κ2) is 5.05. The number of carbonyl (C=O) groups excluding carboxylic acids is 1. The highest BCUT2D eigenvalue weighted by Gasteiger charge is 2.45. The van der Waals surface area contributed by atoms with Crippen molar-refractivity contribution in [3.63, 3.8) is 0 Å². The van der Waals surface area contributed by atoms with E-state index in [9.17, 15) is 4.79 Å². The number of aromatic nitrogens is 2. The lowest BCUT2D eigenvalue weighted by atomic mass is 9.95. The predicted octanol–water partition coefficient (Wildman–Crippen LogP) is 2.98. The van der Waals surface area contributed by atoms with E-state index in [1.54, 1.807) is 11.1 Å². The highest BCUT2D eigenvalue weighted by atomic mass is 79.9. The normalized spacial score (nSPS) is 15.9. The van der Waals surface area contributed by atoms with E-state index in [-0.39, 0.29) is 11.3 Å². The first-order valence-corrected chi connectivity index (χ1v) is 7.40. The third-order valence-corrected chi connectivity index (χ3v) is 4.45. The fourth-order valence-corrected chi connectivity index (χ4v) is 2.86. The Kier molecular flexibility index (Phi) is 3.38. The van der Waals surface area contributed by atoms with Crippen LogP contribution in [0.25, 0.3) is 0 Å². The molecule has 0 bridgehead atoms. The number of hydrogen-bond donors (Lipinski definition) is 1. The summed E-state index contributed by atoms with van der Waals surface area (Å²) in [6.45, 7) is 0.743. The van der Waals surface area contributed by atoms with Crippen LogP contribution in [-0.2, 0) is 5.41 Å². The Morgan fingerprint density at radius 2 is 2.10 bits per heavy atom. The summed E-state index contributed by atoms with van der Waals surface area (Å²) in [6.07, 6.45) is 5.37. The summed E-state index contributed by atoms with van der Waals surface area (Å²) >= 11 is 3.46. The van der Waals surface area contributed by atoms with Crippen LogP contribution < -0.4 is 0 Å². The maximum Gasteiger partial charge on any atom is 0.271 e. The monoisotopic (exact) mass is 333 g/mol. The van der Waals surface area contributed by atoms with Gasteiger partial charge >= 0.3 is 0 Å². The fourth-order valence-electron chi connectivity index (χ4n) is 2.60. The Bertz CT molecular complexity index is 603. The molecule has 1 heterocycles. The lowest BCUT2D eigenvalue weighted by Gasteiger charge is -2.24. The van der Waals surface area contributed by atoms with E-state index in [0.717, 1.165) is 23.9 Å². The van der Waals surface area contributed by atoms with Gasteiger partial charge in [-0.25, -0.2) is 4.98 Å². The SMILES string of the molecule is CN(CC1(c2ccc(Br)cc2)CC1)C(=O)c1cnc[nH]1. The van der Waals surface area contributed by atoms with Crippen LogP contribution in [0.5, 0.6) is 0 Å². The van der Waals surface area contributed by atoms with Crippen LogP contribution in [0, 0.1) is 0 Å². The van der Waals surface area contributed by atoms with E-state index < -0.39 is 0 Å². The Morgan fingerprint density at radius 3 is 2.65 bits per heavy atom. The van der Waals surface area contributed by atoms with Crippen LogP contribution >= 0.6 is 15.9 Å². The van der Waals surface area contributed by atoms with Gasteiger partial charge in [-0.2, -0.15) is 0 Å². The molecule has 1 N–H and O–H groups in total. The number of rotatable bonds is 4. The maximum absolute atomic E-state index is 12.2. The van der Waals surface area contributed by atoms with Crippen molar-refractivity contribution in [3.05, 3.63) is 52.5 Å². The molecule has 1 aromatic carbocycles. The Labute approximate surface area is 126 Å². The van der Waals surface area contributed by atoms with Crippen molar-refractivity contribution in [1.29, 1.82) is 0 Å². The zero-order valence-electron chi connectivity index (χ0n) is 11.3. The molecule has 0 unspecified atom stereocenters. The van der Waals surface area contributed by atoms with Gasteiger partial charge in [0.05, 0.1) is 12.5 Å². The van der Waals surface area contributed by atoms with E-state index in [1.165, 1.54) is 11.9 Å². The number of carbonyl (C=O) groups is 1. The molecule has 1 fully saturated rings. The minimum absolute atomic E-state index is 0.00844. The van der Waals surface area contributed by atoms with Crippen molar-refractivity contribution < 1.29 is 4.79 Å². The van der Waals surface area contributed by atoms with Crippen molar-refractivity contribution in [2.75, 3.05) is 13.6 Å². The van der Waals surface area contributed by atoms with Crippen LogP contribution in [0.3, 0.4) is 0 Å². The quantitative estimate of drug-likeness (QED) is 0.935. The van der Waals surface area contributed by atoms with E-state index in [4.69, 9.17) is 0 Å². The van der Waals surface area contributed by atoms with Crippen molar-refractivity contribution in [2.45, 2.75) is 18.3 Å². The zero-order valence-corrected chi connectivity index (χ0v) is 12.9. The number of aromatic amines is 1. The topological polar surface area (TPSA) is 49.0 Å². The molecular weight excluding hydrogens is 318 g/mol. The predicted molar refractivity (Wildman–Crippen MR) is 80.6 cm³/mol. The van der Waals surface area contributed by atoms with Gasteiger partial charge < -0.3 is 9.88 Å². The standard InChI is InChI=1S/C15H16BrN3O/c1-19(14(20)13-8-17-10-18-13)9-15(6-7-15)11-2-4-12(16)5-3-11/h2-5,8,10H,6-7,9H2,1H3,(H,17,18). The zero-order chi connectivity index (χ0) is 14.2. The molecule has 1 aliphatic carbocycles. The molecule has 4 nitrogen and oxygen atoms in total. The second-order valence-electron chi connectivity index (χ2n) is 5.41. The number of H-pyrrole nitrogens is 1. The van der Waals surface area contributed by atoms with Gasteiger partial charge in [-0.15, -0.1) is 0 Å². The molecule has 0 saturated heterocycles. The summed E-state index contributed by atoms with van der Waals surface area (Å²) in [5, 5.41) is 0. The van der Waals surface area contributed by atoms with Crippen LogP contribution in [0.2, 0.25) is 0 Å². The average molecular weight is 334 g/mol. The van der Waals surface area contributed by atoms with E-state index in [0.29, 0.717) is 5.69 Å². The number of benzene rings is 1.